The lowest BCUT2D eigenvalue weighted by Crippen LogP contribution is -2.30. The molecule has 0 saturated heterocycles. The van der Waals surface area contributed by atoms with Gasteiger partial charge < -0.3 is 14.2 Å². The van der Waals surface area contributed by atoms with Crippen LogP contribution in [0.4, 0.5) is 0 Å². The van der Waals surface area contributed by atoms with Crippen LogP contribution in [0.5, 0.6) is 0 Å². The quantitative estimate of drug-likeness (QED) is 0.0201. The van der Waals surface area contributed by atoms with Gasteiger partial charge in [0.1, 0.15) is 13.2 Å². The van der Waals surface area contributed by atoms with E-state index in [4.69, 9.17) is 14.2 Å². The first-order valence-electron chi connectivity index (χ1n) is 23.6. The molecule has 0 rings (SSSR count). The molecule has 0 saturated carbocycles. The van der Waals surface area contributed by atoms with E-state index in [9.17, 15) is 14.4 Å². The van der Waals surface area contributed by atoms with E-state index in [1.54, 1.807) is 0 Å². The van der Waals surface area contributed by atoms with E-state index >= 15 is 0 Å². The second-order valence-electron chi connectivity index (χ2n) is 15.1. The Morgan fingerprint density at radius 2 is 0.733 bits per heavy atom. The average molecular weight is 829 g/mol. The van der Waals surface area contributed by atoms with Gasteiger partial charge in [0.2, 0.25) is 0 Å². The van der Waals surface area contributed by atoms with Crippen molar-refractivity contribution < 1.29 is 28.6 Å². The molecule has 0 spiro atoms. The van der Waals surface area contributed by atoms with Gasteiger partial charge in [0, 0.05) is 19.3 Å². The first-order valence-corrected chi connectivity index (χ1v) is 23.6. The summed E-state index contributed by atoms with van der Waals surface area (Å²) < 4.78 is 16.6. The van der Waals surface area contributed by atoms with Crippen LogP contribution in [0.3, 0.4) is 0 Å². The summed E-state index contributed by atoms with van der Waals surface area (Å²) in [6.07, 6.45) is 64.8. The van der Waals surface area contributed by atoms with Gasteiger partial charge in [-0.1, -0.05) is 194 Å². The molecule has 0 aromatic rings. The highest BCUT2D eigenvalue weighted by Gasteiger charge is 2.19. The summed E-state index contributed by atoms with van der Waals surface area (Å²) >= 11 is 0. The Balaban J connectivity index is 4.51. The molecule has 0 aliphatic carbocycles. The highest BCUT2D eigenvalue weighted by Crippen LogP contribution is 2.11. The third kappa shape index (κ3) is 44.9. The molecule has 0 aromatic carbocycles. The zero-order chi connectivity index (χ0) is 43.7. The Morgan fingerprint density at radius 1 is 0.367 bits per heavy atom. The fraction of sp³-hybridized carbons (Fsp3) is 0.574. The maximum Gasteiger partial charge on any atom is 0.306 e. The number of esters is 3. The van der Waals surface area contributed by atoms with Gasteiger partial charge in [-0.15, -0.1) is 0 Å². The number of allylic oxidation sites excluding steroid dienone is 20. The van der Waals surface area contributed by atoms with Crippen molar-refractivity contribution in [1.82, 2.24) is 0 Å². The van der Waals surface area contributed by atoms with Crippen LogP contribution >= 0.6 is 0 Å². The smallest absolute Gasteiger partial charge is 0.306 e. The van der Waals surface area contributed by atoms with Crippen LogP contribution < -0.4 is 0 Å². The number of carbonyl (C=O) groups is 3. The number of unbranched alkanes of at least 4 members (excludes halogenated alkanes) is 15. The van der Waals surface area contributed by atoms with Crippen molar-refractivity contribution in [2.45, 2.75) is 187 Å². The minimum absolute atomic E-state index is 0.121. The van der Waals surface area contributed by atoms with Crippen molar-refractivity contribution in [3.63, 3.8) is 0 Å². The second-order valence-corrected chi connectivity index (χ2v) is 15.1. The number of carbonyl (C=O) groups excluding carboxylic acids is 3. The van der Waals surface area contributed by atoms with Crippen molar-refractivity contribution in [3.8, 4) is 0 Å². The summed E-state index contributed by atoms with van der Waals surface area (Å²) in [5, 5.41) is 0. The van der Waals surface area contributed by atoms with Crippen molar-refractivity contribution in [2.75, 3.05) is 13.2 Å². The molecular weight excluding hydrogens is 745 g/mol. The Kier molecular flexibility index (Phi) is 44.2. The Labute approximate surface area is 367 Å². The van der Waals surface area contributed by atoms with Gasteiger partial charge in [0.05, 0.1) is 0 Å². The van der Waals surface area contributed by atoms with Gasteiger partial charge in [0.25, 0.3) is 0 Å². The lowest BCUT2D eigenvalue weighted by Gasteiger charge is -2.18. The lowest BCUT2D eigenvalue weighted by molar-refractivity contribution is -0.167. The van der Waals surface area contributed by atoms with E-state index in [0.29, 0.717) is 19.3 Å². The van der Waals surface area contributed by atoms with Gasteiger partial charge in [-0.25, -0.2) is 0 Å². The largest absolute Gasteiger partial charge is 0.462 e. The van der Waals surface area contributed by atoms with E-state index < -0.39 is 6.10 Å². The zero-order valence-electron chi connectivity index (χ0n) is 38.2. The molecule has 0 radical (unpaired) electrons. The monoisotopic (exact) mass is 829 g/mol. The maximum atomic E-state index is 12.7. The van der Waals surface area contributed by atoms with E-state index in [0.717, 1.165) is 103 Å². The first kappa shape index (κ1) is 55.8. The predicted molar refractivity (Wildman–Crippen MR) is 256 cm³/mol. The molecule has 0 aromatic heterocycles. The molecule has 336 valence electrons. The normalized spacial score (nSPS) is 13.2. The van der Waals surface area contributed by atoms with E-state index in [-0.39, 0.29) is 37.5 Å². The molecular formula is C54H84O6. The average Bonchev–Trinajstić information content (AvgIpc) is 3.24. The summed E-state index contributed by atoms with van der Waals surface area (Å²) in [6.45, 7) is 6.23. The number of ether oxygens (including phenoxy) is 3. The van der Waals surface area contributed by atoms with Gasteiger partial charge in [-0.05, 0) is 89.9 Å². The van der Waals surface area contributed by atoms with Crippen LogP contribution in [-0.4, -0.2) is 37.2 Å². The standard InChI is InChI=1S/C54H84O6/c1-4-7-10-13-16-19-21-23-25-26-27-29-30-32-35-38-41-44-47-53(56)59-50-51(49-58-52(55)46-43-40-37-34-18-15-12-9-6-3)60-54(57)48-45-42-39-36-33-31-28-24-22-20-17-14-11-8-5-2/h8-9,11-12,14,17-18,20-29,31,33-34,51H,4-7,10,13,15-16,19,30,32,35-50H2,1-3H3/b11-8-,12-9-,17-14-,22-20-,23-21-,26-25-,28-24-,29-27-,33-31-,34-18-. The molecule has 0 amide bonds. The number of hydrogen-bond acceptors (Lipinski definition) is 6. The molecule has 0 aliphatic rings. The van der Waals surface area contributed by atoms with E-state index in [2.05, 4.69) is 93.7 Å². The highest BCUT2D eigenvalue weighted by atomic mass is 16.6. The predicted octanol–water partition coefficient (Wildman–Crippen LogP) is 15.4. The fourth-order valence-corrected chi connectivity index (χ4v) is 5.85. The molecule has 0 heterocycles. The molecule has 0 fully saturated rings. The molecule has 1 unspecified atom stereocenters. The summed E-state index contributed by atoms with van der Waals surface area (Å²) in [5.74, 6) is -1.03. The SMILES string of the molecule is CC\C=C/C=C\C=C/C=C\C=C/CCCCCC(=O)OC(COC(=O)CCCC/C=C\C/C=C\CC)COC(=O)CCCCCCC\C=C/C=C\C=C/CCCCCCC. The van der Waals surface area contributed by atoms with Crippen LogP contribution in [0, 0.1) is 0 Å². The number of hydrogen-bond donors (Lipinski definition) is 0. The summed E-state index contributed by atoms with van der Waals surface area (Å²) in [5.41, 5.74) is 0. The third-order valence-electron chi connectivity index (χ3n) is 9.37. The van der Waals surface area contributed by atoms with Crippen molar-refractivity contribution in [1.29, 1.82) is 0 Å². The molecule has 60 heavy (non-hydrogen) atoms. The third-order valence-corrected chi connectivity index (χ3v) is 9.37. The highest BCUT2D eigenvalue weighted by molar-refractivity contribution is 5.71. The molecule has 0 bridgehead atoms. The van der Waals surface area contributed by atoms with Gasteiger partial charge >= 0.3 is 17.9 Å². The molecule has 1 atom stereocenters. The van der Waals surface area contributed by atoms with Gasteiger partial charge in [-0.3, -0.25) is 14.4 Å². The van der Waals surface area contributed by atoms with Crippen molar-refractivity contribution >= 4 is 17.9 Å². The first-order chi connectivity index (χ1) is 29.5. The fourth-order valence-electron chi connectivity index (χ4n) is 5.85. The van der Waals surface area contributed by atoms with Crippen LogP contribution in [0.1, 0.15) is 181 Å². The maximum absolute atomic E-state index is 12.7. The van der Waals surface area contributed by atoms with Crippen LogP contribution in [0.2, 0.25) is 0 Å². The van der Waals surface area contributed by atoms with Gasteiger partial charge in [-0.2, -0.15) is 0 Å². The Hall–Kier alpha value is -4.19. The molecule has 6 heteroatoms. The number of rotatable bonds is 40. The van der Waals surface area contributed by atoms with Crippen LogP contribution in [0.15, 0.2) is 122 Å². The molecule has 0 N–H and O–H groups in total. The minimum atomic E-state index is -0.823. The van der Waals surface area contributed by atoms with Crippen molar-refractivity contribution in [3.05, 3.63) is 122 Å². The summed E-state index contributed by atoms with van der Waals surface area (Å²) in [6, 6.07) is 0. The summed E-state index contributed by atoms with van der Waals surface area (Å²) in [7, 11) is 0. The van der Waals surface area contributed by atoms with Crippen LogP contribution in [0.25, 0.3) is 0 Å². The van der Waals surface area contributed by atoms with Crippen molar-refractivity contribution in [2.24, 2.45) is 0 Å². The summed E-state index contributed by atoms with van der Waals surface area (Å²) in [4.78, 5) is 37.8. The topological polar surface area (TPSA) is 78.9 Å². The lowest BCUT2D eigenvalue weighted by atomic mass is 10.1. The molecule has 6 nitrogen and oxygen atoms in total. The van der Waals surface area contributed by atoms with E-state index in [1.165, 1.54) is 32.1 Å². The second kappa shape index (κ2) is 47.5. The minimum Gasteiger partial charge on any atom is -0.462 e. The Morgan fingerprint density at radius 3 is 1.25 bits per heavy atom. The van der Waals surface area contributed by atoms with Crippen LogP contribution in [-0.2, 0) is 28.6 Å². The van der Waals surface area contributed by atoms with Gasteiger partial charge in [0.15, 0.2) is 6.10 Å². The zero-order valence-corrected chi connectivity index (χ0v) is 38.2. The van der Waals surface area contributed by atoms with E-state index in [1.807, 2.05) is 48.6 Å². The molecule has 0 aliphatic heterocycles. The Bertz CT molecular complexity index is 1320.